The average molecular weight is 1080 g/mol. The van der Waals surface area contributed by atoms with Crippen LogP contribution in [0.3, 0.4) is 0 Å². The van der Waals surface area contributed by atoms with Crippen molar-refractivity contribution in [1.29, 1.82) is 5.26 Å². The SMILES string of the molecule is C[Si](C)(C)c1ccc(-c2[c-]cc(F)cc2)nc1.[2H]C([2H])([2H])c1c[c-]c(-c2nc3ccccc3n2-c2c(C(C)C)cc(-c3ccc(-c4ccccc4)cc3)cc2C(C)C)c2oc3nc(C#N)ccc3c12.[Ir]. The molecule has 4 heterocycles. The van der Waals surface area contributed by atoms with Crippen LogP contribution in [0.4, 0.5) is 4.39 Å². The minimum Gasteiger partial charge on any atom is -0.486 e. The number of nitrogens with zero attached hydrogens (tertiary/aromatic N) is 5. The Hall–Kier alpha value is -6.82. The number of hydrogen-bond donors (Lipinski definition) is 0. The molecule has 10 aromatic rings. The maximum atomic E-state index is 12.8. The van der Waals surface area contributed by atoms with Gasteiger partial charge in [0.25, 0.3) is 0 Å². The van der Waals surface area contributed by atoms with Gasteiger partial charge in [-0.05, 0) is 92.5 Å². The number of benzene rings is 6. The van der Waals surface area contributed by atoms with Crippen molar-refractivity contribution in [3.8, 4) is 56.7 Å². The smallest absolute Gasteiger partial charge is 0.217 e. The standard InChI is InChI=1S/C44H35N4O.C14H15FNSi.Ir/c1-26(2)36-23-32(31-18-16-30(17-19-31)29-11-7-6-8-12-29)24-37(27(3)4)41(36)48-39-14-10-9-13-38(39)47-43(48)35-21-15-28(5)40-34-22-20-33(25-45)46-44(34)49-42(35)40;1-17(2,3)13-8-9-14(16-10-13)11-4-6-12(15)7-5-11;/h6-20,22-24,26-27H,1-5H3;4,6-10H,1-3H3;/q2*-1;/i5D3;;. The first kappa shape index (κ1) is 42.8. The van der Waals surface area contributed by atoms with Crippen LogP contribution in [0.25, 0.3) is 83.7 Å². The van der Waals surface area contributed by atoms with Gasteiger partial charge in [0.2, 0.25) is 5.71 Å². The average Bonchev–Trinajstić information content (AvgIpc) is 3.92. The van der Waals surface area contributed by atoms with Gasteiger partial charge in [-0.3, -0.25) is 9.37 Å². The molecular weight excluding hydrogens is 1020 g/mol. The van der Waals surface area contributed by atoms with Crippen LogP contribution in [0.15, 0.2) is 150 Å². The second-order valence-corrected chi connectivity index (χ2v) is 23.2. The number of aromatic nitrogens is 4. The minimum absolute atomic E-state index is 0. The molecule has 10 rings (SSSR count). The van der Waals surface area contributed by atoms with E-state index in [1.165, 1.54) is 34.5 Å². The van der Waals surface area contributed by atoms with Gasteiger partial charge in [0, 0.05) is 47.3 Å². The van der Waals surface area contributed by atoms with E-state index in [2.05, 4.69) is 153 Å². The summed E-state index contributed by atoms with van der Waals surface area (Å²) in [6.45, 7) is 13.2. The van der Waals surface area contributed by atoms with Crippen molar-refractivity contribution < 1.29 is 33.0 Å². The summed E-state index contributed by atoms with van der Waals surface area (Å²) in [5.41, 5.74) is 12.6. The fraction of sp³-hybridized carbons (Fsp3) is 0.172. The second kappa shape index (κ2) is 19.2. The molecule has 0 bridgehead atoms. The topological polar surface area (TPSA) is 80.5 Å². The Balaban J connectivity index is 0.000000309. The summed E-state index contributed by atoms with van der Waals surface area (Å²) in [6.07, 6.45) is 1.93. The monoisotopic (exact) mass is 1080 g/mol. The molecule has 0 saturated carbocycles. The van der Waals surface area contributed by atoms with Crippen molar-refractivity contribution in [3.63, 3.8) is 0 Å². The first-order valence-corrected chi connectivity index (χ1v) is 25.6. The van der Waals surface area contributed by atoms with E-state index in [1.54, 1.807) is 18.2 Å². The first-order chi connectivity index (χ1) is 33.0. The molecule has 335 valence electrons. The molecule has 0 atom stereocenters. The molecule has 0 aliphatic carbocycles. The molecule has 0 amide bonds. The Morgan fingerprint density at radius 3 is 2.03 bits per heavy atom. The third kappa shape index (κ3) is 9.31. The fourth-order valence-corrected chi connectivity index (χ4v) is 9.42. The van der Waals surface area contributed by atoms with Crippen LogP contribution in [-0.4, -0.2) is 27.6 Å². The number of imidazole rings is 1. The number of rotatable bonds is 8. The molecule has 0 fully saturated rings. The Morgan fingerprint density at radius 2 is 1.42 bits per heavy atom. The number of nitriles is 1. The number of fused-ring (bicyclic) bond motifs is 4. The zero-order valence-corrected chi connectivity index (χ0v) is 41.8. The second-order valence-electron chi connectivity index (χ2n) is 18.2. The van der Waals surface area contributed by atoms with Crippen LogP contribution in [0.2, 0.25) is 19.6 Å². The summed E-state index contributed by atoms with van der Waals surface area (Å²) < 4.78 is 46.4. The van der Waals surface area contributed by atoms with Crippen LogP contribution in [0.5, 0.6) is 0 Å². The van der Waals surface area contributed by atoms with Crippen LogP contribution in [0.1, 0.15) is 66.0 Å². The number of aryl methyl sites for hydroxylation is 1. The predicted octanol–water partition coefficient (Wildman–Crippen LogP) is 14.8. The Labute approximate surface area is 410 Å². The summed E-state index contributed by atoms with van der Waals surface area (Å²) in [5.74, 6) is 0.595. The van der Waals surface area contributed by atoms with E-state index in [1.807, 2.05) is 36.5 Å². The molecule has 0 unspecified atom stereocenters. The van der Waals surface area contributed by atoms with Gasteiger partial charge in [-0.25, -0.2) is 4.98 Å². The number of pyridine rings is 2. The molecule has 0 saturated heterocycles. The van der Waals surface area contributed by atoms with Crippen LogP contribution in [-0.2, 0) is 20.1 Å². The molecule has 0 spiro atoms. The first-order valence-electron chi connectivity index (χ1n) is 23.6. The van der Waals surface area contributed by atoms with Gasteiger partial charge >= 0.3 is 0 Å². The Morgan fingerprint density at radius 1 is 0.746 bits per heavy atom. The van der Waals surface area contributed by atoms with E-state index in [-0.39, 0.29) is 54.7 Å². The Bertz CT molecular complexity index is 3510. The van der Waals surface area contributed by atoms with Gasteiger partial charge < -0.3 is 14.0 Å². The number of para-hydroxylation sites is 2. The fourth-order valence-electron chi connectivity index (χ4n) is 8.39. The molecule has 4 aromatic heterocycles. The molecule has 1 radical (unpaired) electrons. The molecule has 0 aliphatic heterocycles. The van der Waals surface area contributed by atoms with Gasteiger partial charge in [0.15, 0.2) is 0 Å². The van der Waals surface area contributed by atoms with Crippen molar-refractivity contribution in [1.82, 2.24) is 19.5 Å². The largest absolute Gasteiger partial charge is 0.486 e. The molecule has 6 aromatic carbocycles. The van der Waals surface area contributed by atoms with E-state index in [0.717, 1.165) is 50.2 Å². The quantitative estimate of drug-likeness (QED) is 0.112. The molecule has 6 nitrogen and oxygen atoms in total. The summed E-state index contributed by atoms with van der Waals surface area (Å²) in [4.78, 5) is 14.0. The zero-order chi connectivity index (χ0) is 48.8. The van der Waals surface area contributed by atoms with E-state index < -0.39 is 14.9 Å². The van der Waals surface area contributed by atoms with Crippen molar-refractivity contribution in [3.05, 3.63) is 186 Å². The van der Waals surface area contributed by atoms with Crippen LogP contribution < -0.4 is 5.19 Å². The summed E-state index contributed by atoms with van der Waals surface area (Å²) in [7, 11) is -1.30. The molecule has 67 heavy (non-hydrogen) atoms. The van der Waals surface area contributed by atoms with Crippen molar-refractivity contribution in [2.45, 2.75) is 66.0 Å². The summed E-state index contributed by atoms with van der Waals surface area (Å²) >= 11 is 0. The molecule has 0 aliphatic rings. The van der Waals surface area contributed by atoms with Crippen molar-refractivity contribution in [2.24, 2.45) is 0 Å². The van der Waals surface area contributed by atoms with Crippen molar-refractivity contribution >= 4 is 46.4 Å². The zero-order valence-electron chi connectivity index (χ0n) is 41.4. The van der Waals surface area contributed by atoms with E-state index in [9.17, 15) is 9.65 Å². The minimum atomic E-state index is -2.44. The van der Waals surface area contributed by atoms with Crippen LogP contribution >= 0.6 is 0 Å². The van der Waals surface area contributed by atoms with Gasteiger partial charge in [-0.15, -0.1) is 47.5 Å². The van der Waals surface area contributed by atoms with Crippen LogP contribution in [0, 0.1) is 36.1 Å². The summed E-state index contributed by atoms with van der Waals surface area (Å²) in [5, 5.41) is 11.8. The van der Waals surface area contributed by atoms with Crippen molar-refractivity contribution in [2.75, 3.05) is 0 Å². The Kier molecular flexibility index (Phi) is 12.3. The van der Waals surface area contributed by atoms with E-state index >= 15 is 0 Å². The predicted molar refractivity (Wildman–Crippen MR) is 270 cm³/mol. The van der Waals surface area contributed by atoms with E-state index in [4.69, 9.17) is 13.5 Å². The summed E-state index contributed by atoms with van der Waals surface area (Å²) in [6, 6.07) is 53.3. The molecular formula is C58H50FIrN5OSi-2. The third-order valence-electron chi connectivity index (χ3n) is 12.0. The number of halogens is 1. The van der Waals surface area contributed by atoms with Gasteiger partial charge in [0.1, 0.15) is 11.8 Å². The normalized spacial score (nSPS) is 12.3. The van der Waals surface area contributed by atoms with Gasteiger partial charge in [-0.1, -0.05) is 144 Å². The third-order valence-corrected chi connectivity index (χ3v) is 14.0. The van der Waals surface area contributed by atoms with E-state index in [0.29, 0.717) is 27.7 Å². The van der Waals surface area contributed by atoms with Gasteiger partial charge in [0.05, 0.1) is 30.5 Å². The number of hydrogen-bond acceptors (Lipinski definition) is 5. The number of furan rings is 1. The molecule has 0 N–H and O–H groups in total. The van der Waals surface area contributed by atoms with Gasteiger partial charge in [-0.2, -0.15) is 5.26 Å². The maximum absolute atomic E-state index is 12.8. The molecule has 9 heteroatoms. The maximum Gasteiger partial charge on any atom is 0.217 e.